The SMILES string of the molecule is COc1cccnc1NC(=O)C1CCN(S(=O)(=O)c2ccccc2C#N)CC1. The van der Waals surface area contributed by atoms with E-state index in [0.717, 1.165) is 0 Å². The number of rotatable bonds is 5. The van der Waals surface area contributed by atoms with Gasteiger partial charge in [0, 0.05) is 25.2 Å². The van der Waals surface area contributed by atoms with E-state index >= 15 is 0 Å². The number of carbonyl (C=O) groups is 1. The third-order valence-corrected chi connectivity index (χ3v) is 6.64. The summed E-state index contributed by atoms with van der Waals surface area (Å²) in [7, 11) is -2.28. The fourth-order valence-electron chi connectivity index (χ4n) is 3.15. The number of nitrogens with one attached hydrogen (secondary N) is 1. The molecule has 0 bridgehead atoms. The number of sulfonamides is 1. The van der Waals surface area contributed by atoms with Crippen molar-refractivity contribution in [2.75, 3.05) is 25.5 Å². The van der Waals surface area contributed by atoms with E-state index in [9.17, 15) is 18.5 Å². The van der Waals surface area contributed by atoms with E-state index in [0.29, 0.717) is 24.4 Å². The summed E-state index contributed by atoms with van der Waals surface area (Å²) in [6.07, 6.45) is 2.32. The monoisotopic (exact) mass is 400 g/mol. The molecule has 0 aliphatic carbocycles. The number of nitriles is 1. The lowest BCUT2D eigenvalue weighted by molar-refractivity contribution is -0.120. The molecule has 146 valence electrons. The Bertz CT molecular complexity index is 1010. The summed E-state index contributed by atoms with van der Waals surface area (Å²) in [6, 6.07) is 11.4. The third kappa shape index (κ3) is 3.98. The minimum absolute atomic E-state index is 0.00127. The van der Waals surface area contributed by atoms with Crippen LogP contribution in [0.15, 0.2) is 47.5 Å². The largest absolute Gasteiger partial charge is 0.493 e. The predicted octanol–water partition coefficient (Wildman–Crippen LogP) is 2.00. The average Bonchev–Trinajstić information content (AvgIpc) is 2.74. The highest BCUT2D eigenvalue weighted by Crippen LogP contribution is 2.27. The van der Waals surface area contributed by atoms with Crippen LogP contribution in [0.2, 0.25) is 0 Å². The normalized spacial score (nSPS) is 15.6. The number of ether oxygens (including phenoxy) is 1. The van der Waals surface area contributed by atoms with E-state index in [1.54, 1.807) is 30.5 Å². The zero-order valence-electron chi connectivity index (χ0n) is 15.3. The predicted molar refractivity (Wildman–Crippen MR) is 102 cm³/mol. The Balaban J connectivity index is 1.67. The van der Waals surface area contributed by atoms with E-state index in [4.69, 9.17) is 4.74 Å². The van der Waals surface area contributed by atoms with Crippen LogP contribution in [0.4, 0.5) is 5.82 Å². The van der Waals surface area contributed by atoms with Gasteiger partial charge in [0.05, 0.1) is 17.6 Å². The zero-order chi connectivity index (χ0) is 20.1. The Morgan fingerprint density at radius 2 is 1.96 bits per heavy atom. The van der Waals surface area contributed by atoms with Crippen LogP contribution in [0.1, 0.15) is 18.4 Å². The molecule has 1 aromatic heterocycles. The lowest BCUT2D eigenvalue weighted by Crippen LogP contribution is -2.41. The van der Waals surface area contributed by atoms with Crippen LogP contribution in [-0.2, 0) is 14.8 Å². The van der Waals surface area contributed by atoms with Crippen molar-refractivity contribution >= 4 is 21.7 Å². The molecule has 1 amide bonds. The number of benzene rings is 1. The van der Waals surface area contributed by atoms with Crippen LogP contribution in [-0.4, -0.2) is 43.8 Å². The van der Waals surface area contributed by atoms with Crippen LogP contribution in [0.25, 0.3) is 0 Å². The number of nitrogens with zero attached hydrogens (tertiary/aromatic N) is 3. The van der Waals surface area contributed by atoms with Crippen molar-refractivity contribution in [1.29, 1.82) is 5.26 Å². The quantitative estimate of drug-likeness (QED) is 0.821. The molecule has 3 rings (SSSR count). The summed E-state index contributed by atoms with van der Waals surface area (Å²) >= 11 is 0. The molecule has 0 saturated carbocycles. The minimum Gasteiger partial charge on any atom is -0.493 e. The second-order valence-electron chi connectivity index (χ2n) is 6.33. The van der Waals surface area contributed by atoms with Crippen molar-refractivity contribution in [2.45, 2.75) is 17.7 Å². The van der Waals surface area contributed by atoms with Crippen LogP contribution >= 0.6 is 0 Å². The molecule has 1 N–H and O–H groups in total. The molecule has 0 radical (unpaired) electrons. The Kier molecular flexibility index (Phi) is 5.92. The number of hydrogen-bond acceptors (Lipinski definition) is 6. The van der Waals surface area contributed by atoms with Crippen LogP contribution in [0.5, 0.6) is 5.75 Å². The maximum Gasteiger partial charge on any atom is 0.244 e. The topological polar surface area (TPSA) is 112 Å². The van der Waals surface area contributed by atoms with Crippen LogP contribution in [0, 0.1) is 17.2 Å². The molecule has 0 atom stereocenters. The van der Waals surface area contributed by atoms with Crippen LogP contribution < -0.4 is 10.1 Å². The van der Waals surface area contributed by atoms with Gasteiger partial charge in [-0.15, -0.1) is 0 Å². The highest BCUT2D eigenvalue weighted by atomic mass is 32.2. The molecule has 1 aliphatic rings. The summed E-state index contributed by atoms with van der Waals surface area (Å²) in [4.78, 5) is 16.6. The van der Waals surface area contributed by atoms with E-state index in [1.807, 2.05) is 6.07 Å². The van der Waals surface area contributed by atoms with Gasteiger partial charge in [0.1, 0.15) is 6.07 Å². The van der Waals surface area contributed by atoms with E-state index in [-0.39, 0.29) is 35.4 Å². The number of amides is 1. The maximum atomic E-state index is 12.9. The van der Waals surface area contributed by atoms with Gasteiger partial charge in [-0.1, -0.05) is 12.1 Å². The van der Waals surface area contributed by atoms with E-state index < -0.39 is 10.0 Å². The van der Waals surface area contributed by atoms with Gasteiger partial charge in [-0.05, 0) is 37.1 Å². The van der Waals surface area contributed by atoms with E-state index in [2.05, 4.69) is 10.3 Å². The Hall–Kier alpha value is -2.96. The molecule has 28 heavy (non-hydrogen) atoms. The molecular formula is C19H20N4O4S. The zero-order valence-corrected chi connectivity index (χ0v) is 16.1. The van der Waals surface area contributed by atoms with Crippen molar-refractivity contribution in [1.82, 2.24) is 9.29 Å². The molecule has 0 unspecified atom stereocenters. The van der Waals surface area contributed by atoms with Gasteiger partial charge in [-0.25, -0.2) is 13.4 Å². The number of aromatic nitrogens is 1. The molecule has 2 heterocycles. The molecule has 8 nitrogen and oxygen atoms in total. The molecule has 9 heteroatoms. The average molecular weight is 400 g/mol. The first-order valence-electron chi connectivity index (χ1n) is 8.76. The summed E-state index contributed by atoms with van der Waals surface area (Å²) in [5, 5.41) is 11.9. The molecule has 1 aliphatic heterocycles. The maximum absolute atomic E-state index is 12.9. The number of carbonyl (C=O) groups excluding carboxylic acids is 1. The highest BCUT2D eigenvalue weighted by molar-refractivity contribution is 7.89. The number of methoxy groups -OCH3 is 1. The van der Waals surface area contributed by atoms with Gasteiger partial charge >= 0.3 is 0 Å². The Morgan fingerprint density at radius 1 is 1.25 bits per heavy atom. The van der Waals surface area contributed by atoms with Crippen molar-refractivity contribution in [3.05, 3.63) is 48.2 Å². The second-order valence-corrected chi connectivity index (χ2v) is 8.24. The number of pyridine rings is 1. The molecular weight excluding hydrogens is 380 g/mol. The lowest BCUT2D eigenvalue weighted by atomic mass is 9.97. The van der Waals surface area contributed by atoms with Gasteiger partial charge in [0.2, 0.25) is 15.9 Å². The van der Waals surface area contributed by atoms with E-state index in [1.165, 1.54) is 23.5 Å². The van der Waals surface area contributed by atoms with Gasteiger partial charge in [-0.2, -0.15) is 9.57 Å². The third-order valence-electron chi connectivity index (χ3n) is 4.68. The fraction of sp³-hybridized carbons (Fsp3) is 0.316. The molecule has 1 saturated heterocycles. The Morgan fingerprint density at radius 3 is 2.64 bits per heavy atom. The second kappa shape index (κ2) is 8.37. The first-order valence-corrected chi connectivity index (χ1v) is 10.2. The summed E-state index contributed by atoms with van der Waals surface area (Å²) in [6.45, 7) is 0.416. The fourth-order valence-corrected chi connectivity index (χ4v) is 4.76. The van der Waals surface area contributed by atoms with Gasteiger partial charge < -0.3 is 10.1 Å². The smallest absolute Gasteiger partial charge is 0.244 e. The minimum atomic E-state index is -3.78. The number of piperidine rings is 1. The Labute approximate surface area is 163 Å². The van der Waals surface area contributed by atoms with Crippen molar-refractivity contribution < 1.29 is 17.9 Å². The summed E-state index contributed by atoms with van der Waals surface area (Å²) in [5.41, 5.74) is 0.115. The number of hydrogen-bond donors (Lipinski definition) is 1. The molecule has 1 fully saturated rings. The standard InChI is InChI=1S/C19H20N4O4S/c1-27-16-6-4-10-21-18(16)22-19(24)14-8-11-23(12-9-14)28(25,26)17-7-3-2-5-15(17)13-20/h2-7,10,14H,8-9,11-12H2,1H3,(H,21,22,24). The van der Waals surface area contributed by atoms with Crippen LogP contribution in [0.3, 0.4) is 0 Å². The molecule has 2 aromatic rings. The highest BCUT2D eigenvalue weighted by Gasteiger charge is 2.33. The van der Waals surface area contributed by atoms with Gasteiger partial charge in [0.15, 0.2) is 11.6 Å². The lowest BCUT2D eigenvalue weighted by Gasteiger charge is -2.30. The van der Waals surface area contributed by atoms with Gasteiger partial charge in [0.25, 0.3) is 0 Å². The summed E-state index contributed by atoms with van der Waals surface area (Å²) in [5.74, 6) is 0.257. The van der Waals surface area contributed by atoms with Crippen molar-refractivity contribution in [3.63, 3.8) is 0 Å². The van der Waals surface area contributed by atoms with Crippen molar-refractivity contribution in [2.24, 2.45) is 5.92 Å². The molecule has 0 spiro atoms. The first-order chi connectivity index (χ1) is 13.5. The van der Waals surface area contributed by atoms with Gasteiger partial charge in [-0.3, -0.25) is 4.79 Å². The number of anilines is 1. The van der Waals surface area contributed by atoms with Crippen molar-refractivity contribution in [3.8, 4) is 11.8 Å². The molecule has 1 aromatic carbocycles. The first kappa shape index (κ1) is 19.8. The summed E-state index contributed by atoms with van der Waals surface area (Å²) < 4.78 is 32.2.